The minimum Gasteiger partial charge on any atom is -0.497 e. The summed E-state index contributed by atoms with van der Waals surface area (Å²) in [5.41, 5.74) is 0.742. The lowest BCUT2D eigenvalue weighted by atomic mass is 10.1. The Morgan fingerprint density at radius 2 is 2.00 bits per heavy atom. The molecule has 1 aromatic carbocycles. The van der Waals surface area contributed by atoms with Gasteiger partial charge in [0.05, 0.1) is 20.6 Å². The second kappa shape index (κ2) is 9.82. The summed E-state index contributed by atoms with van der Waals surface area (Å²) < 4.78 is 15.8. The summed E-state index contributed by atoms with van der Waals surface area (Å²) in [6.45, 7) is 1.35. The highest BCUT2D eigenvalue weighted by atomic mass is 16.5. The Bertz CT molecular complexity index is 651. The molecule has 0 radical (unpaired) electrons. The zero-order chi connectivity index (χ0) is 18.9. The Morgan fingerprint density at radius 3 is 2.62 bits per heavy atom. The third kappa shape index (κ3) is 5.49. The molecule has 0 aliphatic carbocycles. The number of carbonyl (C=O) groups excluding carboxylic acids is 1. The van der Waals surface area contributed by atoms with Crippen molar-refractivity contribution in [2.75, 3.05) is 34.0 Å². The minimum atomic E-state index is -0.921. The van der Waals surface area contributed by atoms with Crippen LogP contribution >= 0.6 is 0 Å². The van der Waals surface area contributed by atoms with E-state index in [2.05, 4.69) is 0 Å². The molecule has 1 fully saturated rings. The molecule has 0 spiro atoms. The molecule has 0 unspecified atom stereocenters. The summed E-state index contributed by atoms with van der Waals surface area (Å²) in [6.07, 6.45) is 4.48. The average Bonchev–Trinajstić information content (AvgIpc) is 2.66. The fourth-order valence-corrected chi connectivity index (χ4v) is 2.90. The lowest BCUT2D eigenvalue weighted by Gasteiger charge is -2.33. The standard InChI is InChI=1S/C19H25NO6/c1-24-16-5-3-14(17(13-16)25-2)4-6-18(21)20(10-7-19(22)23)15-8-11-26-12-9-15/h3-6,13,15H,7-12H2,1-2H3,(H,22,23). The summed E-state index contributed by atoms with van der Waals surface area (Å²) >= 11 is 0. The molecule has 1 saturated heterocycles. The van der Waals surface area contributed by atoms with E-state index in [4.69, 9.17) is 19.3 Å². The summed E-state index contributed by atoms with van der Waals surface area (Å²) in [5.74, 6) is 0.124. The van der Waals surface area contributed by atoms with Crippen LogP contribution in [0.4, 0.5) is 0 Å². The van der Waals surface area contributed by atoms with Crippen molar-refractivity contribution in [1.82, 2.24) is 4.90 Å². The quantitative estimate of drug-likeness (QED) is 0.713. The van der Waals surface area contributed by atoms with E-state index in [1.165, 1.54) is 6.08 Å². The van der Waals surface area contributed by atoms with Crippen LogP contribution in [0, 0.1) is 0 Å². The van der Waals surface area contributed by atoms with Crippen LogP contribution in [0.5, 0.6) is 11.5 Å². The largest absolute Gasteiger partial charge is 0.497 e. The number of ether oxygens (including phenoxy) is 3. The predicted octanol–water partition coefficient (Wildman–Crippen LogP) is 2.20. The maximum Gasteiger partial charge on any atom is 0.305 e. The first-order valence-electron chi connectivity index (χ1n) is 8.55. The molecule has 1 aromatic rings. The third-order valence-corrected chi connectivity index (χ3v) is 4.33. The zero-order valence-corrected chi connectivity index (χ0v) is 15.1. The van der Waals surface area contributed by atoms with Crippen LogP contribution in [-0.2, 0) is 14.3 Å². The number of amides is 1. The molecule has 0 bridgehead atoms. The second-order valence-electron chi connectivity index (χ2n) is 5.96. The monoisotopic (exact) mass is 363 g/mol. The highest BCUT2D eigenvalue weighted by Gasteiger charge is 2.25. The number of nitrogens with zero attached hydrogens (tertiary/aromatic N) is 1. The van der Waals surface area contributed by atoms with Gasteiger partial charge in [-0.05, 0) is 31.1 Å². The van der Waals surface area contributed by atoms with E-state index >= 15 is 0 Å². The van der Waals surface area contributed by atoms with Gasteiger partial charge in [0.25, 0.3) is 0 Å². The Balaban J connectivity index is 2.14. The van der Waals surface area contributed by atoms with Gasteiger partial charge in [-0.25, -0.2) is 0 Å². The number of carboxylic acids is 1. The fraction of sp³-hybridized carbons (Fsp3) is 0.474. The van der Waals surface area contributed by atoms with Crippen LogP contribution in [0.25, 0.3) is 6.08 Å². The molecule has 1 aliphatic heterocycles. The molecule has 0 saturated carbocycles. The van der Waals surface area contributed by atoms with Gasteiger partial charge in [-0.2, -0.15) is 0 Å². The van der Waals surface area contributed by atoms with E-state index in [0.29, 0.717) is 37.6 Å². The second-order valence-corrected chi connectivity index (χ2v) is 5.96. The fourth-order valence-electron chi connectivity index (χ4n) is 2.90. The van der Waals surface area contributed by atoms with Crippen molar-refractivity contribution in [3.05, 3.63) is 29.8 Å². The Hall–Kier alpha value is -2.54. The van der Waals surface area contributed by atoms with Crippen molar-refractivity contribution >= 4 is 18.0 Å². The van der Waals surface area contributed by atoms with E-state index in [1.807, 2.05) is 0 Å². The molecular weight excluding hydrogens is 338 g/mol. The number of benzene rings is 1. The van der Waals surface area contributed by atoms with Gasteiger partial charge >= 0.3 is 5.97 Å². The van der Waals surface area contributed by atoms with Gasteiger partial charge < -0.3 is 24.2 Å². The van der Waals surface area contributed by atoms with Crippen molar-refractivity contribution in [3.63, 3.8) is 0 Å². The van der Waals surface area contributed by atoms with Crippen molar-refractivity contribution in [2.24, 2.45) is 0 Å². The molecule has 1 heterocycles. The van der Waals surface area contributed by atoms with Crippen molar-refractivity contribution in [3.8, 4) is 11.5 Å². The third-order valence-electron chi connectivity index (χ3n) is 4.33. The molecule has 0 atom stereocenters. The molecule has 7 nitrogen and oxygen atoms in total. The average molecular weight is 363 g/mol. The van der Waals surface area contributed by atoms with E-state index in [1.54, 1.807) is 43.4 Å². The van der Waals surface area contributed by atoms with Crippen LogP contribution in [0.3, 0.4) is 0 Å². The molecule has 0 aromatic heterocycles. The first-order chi connectivity index (χ1) is 12.5. The van der Waals surface area contributed by atoms with Gasteiger partial charge in [0.1, 0.15) is 11.5 Å². The lowest BCUT2D eigenvalue weighted by Crippen LogP contribution is -2.43. The number of hydrogen-bond donors (Lipinski definition) is 1. The maximum atomic E-state index is 12.7. The summed E-state index contributed by atoms with van der Waals surface area (Å²) in [5, 5.41) is 8.96. The van der Waals surface area contributed by atoms with Crippen LogP contribution in [0.1, 0.15) is 24.8 Å². The van der Waals surface area contributed by atoms with Crippen molar-refractivity contribution in [1.29, 1.82) is 0 Å². The molecule has 142 valence electrons. The van der Waals surface area contributed by atoms with Crippen molar-refractivity contribution < 1.29 is 28.9 Å². The van der Waals surface area contributed by atoms with Gasteiger partial charge in [0.15, 0.2) is 0 Å². The topological polar surface area (TPSA) is 85.3 Å². The van der Waals surface area contributed by atoms with Crippen LogP contribution in [0.2, 0.25) is 0 Å². The summed E-state index contributed by atoms with van der Waals surface area (Å²) in [7, 11) is 3.12. The van der Waals surface area contributed by atoms with Gasteiger partial charge in [-0.15, -0.1) is 0 Å². The highest BCUT2D eigenvalue weighted by Crippen LogP contribution is 2.26. The van der Waals surface area contributed by atoms with Gasteiger partial charge in [-0.3, -0.25) is 9.59 Å². The maximum absolute atomic E-state index is 12.7. The number of carboxylic acid groups (broad SMARTS) is 1. The number of methoxy groups -OCH3 is 2. The van der Waals surface area contributed by atoms with Gasteiger partial charge in [-0.1, -0.05) is 0 Å². The van der Waals surface area contributed by atoms with Crippen LogP contribution in [-0.4, -0.2) is 61.9 Å². The van der Waals surface area contributed by atoms with Crippen LogP contribution in [0.15, 0.2) is 24.3 Å². The number of carbonyl (C=O) groups is 2. The molecule has 7 heteroatoms. The molecule has 26 heavy (non-hydrogen) atoms. The minimum absolute atomic E-state index is 0.00184. The normalized spacial score (nSPS) is 15.0. The van der Waals surface area contributed by atoms with Gasteiger partial charge in [0.2, 0.25) is 5.91 Å². The Morgan fingerprint density at radius 1 is 1.27 bits per heavy atom. The van der Waals surface area contributed by atoms with E-state index < -0.39 is 5.97 Å². The summed E-state index contributed by atoms with van der Waals surface area (Å²) in [6, 6.07) is 5.33. The Labute approximate surface area is 153 Å². The van der Waals surface area contributed by atoms with E-state index in [9.17, 15) is 9.59 Å². The Kier molecular flexibility index (Phi) is 7.47. The SMILES string of the molecule is COc1ccc(C=CC(=O)N(CCC(=O)O)C2CCOCC2)c(OC)c1. The lowest BCUT2D eigenvalue weighted by molar-refractivity contribution is -0.138. The summed E-state index contributed by atoms with van der Waals surface area (Å²) in [4.78, 5) is 25.2. The van der Waals surface area contributed by atoms with Crippen LogP contribution < -0.4 is 9.47 Å². The molecule has 1 N–H and O–H groups in total. The molecular formula is C19H25NO6. The van der Waals surface area contributed by atoms with Gasteiger partial charge in [0, 0.05) is 43.5 Å². The number of aliphatic carboxylic acids is 1. The number of hydrogen-bond acceptors (Lipinski definition) is 5. The zero-order valence-electron chi connectivity index (χ0n) is 15.1. The smallest absolute Gasteiger partial charge is 0.305 e. The van der Waals surface area contributed by atoms with E-state index in [0.717, 1.165) is 5.56 Å². The first kappa shape index (κ1) is 19.8. The molecule has 2 rings (SSSR count). The predicted molar refractivity (Wildman–Crippen MR) is 96.4 cm³/mol. The highest BCUT2D eigenvalue weighted by molar-refractivity contribution is 5.92. The van der Waals surface area contributed by atoms with Crippen molar-refractivity contribution in [2.45, 2.75) is 25.3 Å². The van der Waals surface area contributed by atoms with E-state index in [-0.39, 0.29) is 24.9 Å². The molecule has 1 aliphatic rings. The molecule has 1 amide bonds. The number of rotatable bonds is 8. The first-order valence-corrected chi connectivity index (χ1v) is 8.55.